The number of hydrogen-bond donors (Lipinski definition) is 2. The monoisotopic (exact) mass is 420 g/mol. The van der Waals surface area contributed by atoms with Gasteiger partial charge in [0.25, 0.3) is 5.56 Å². The maximum absolute atomic E-state index is 12.9. The summed E-state index contributed by atoms with van der Waals surface area (Å²) in [4.78, 5) is 33.1. The van der Waals surface area contributed by atoms with Gasteiger partial charge in [-0.15, -0.1) is 0 Å². The molecule has 0 radical (unpaired) electrons. The molecular formula is C23H21ClN4O2. The molecular weight excluding hydrogens is 400 g/mol. The van der Waals surface area contributed by atoms with Crippen molar-refractivity contribution in [3.8, 4) is 22.4 Å². The lowest BCUT2D eigenvalue weighted by atomic mass is 9.98. The van der Waals surface area contributed by atoms with E-state index in [2.05, 4.69) is 4.98 Å². The minimum atomic E-state index is -0.256. The molecule has 0 spiro atoms. The van der Waals surface area contributed by atoms with E-state index in [0.29, 0.717) is 33.4 Å². The van der Waals surface area contributed by atoms with E-state index in [0.717, 1.165) is 5.56 Å². The second kappa shape index (κ2) is 7.89. The summed E-state index contributed by atoms with van der Waals surface area (Å²) < 4.78 is 1.58. The van der Waals surface area contributed by atoms with E-state index >= 15 is 0 Å². The first-order chi connectivity index (χ1) is 14.4. The van der Waals surface area contributed by atoms with Crippen molar-refractivity contribution in [3.63, 3.8) is 0 Å². The first-order valence-corrected chi connectivity index (χ1v) is 10.0. The van der Waals surface area contributed by atoms with E-state index in [1.807, 2.05) is 44.2 Å². The molecule has 152 valence electrons. The van der Waals surface area contributed by atoms with Crippen LogP contribution in [0.5, 0.6) is 0 Å². The highest BCUT2D eigenvalue weighted by Crippen LogP contribution is 2.33. The maximum Gasteiger partial charge on any atom is 0.269 e. The number of halogens is 1. The van der Waals surface area contributed by atoms with Crippen molar-refractivity contribution in [1.29, 1.82) is 0 Å². The van der Waals surface area contributed by atoms with E-state index in [1.54, 1.807) is 29.1 Å². The van der Waals surface area contributed by atoms with Gasteiger partial charge in [-0.1, -0.05) is 41.9 Å². The number of pyridine rings is 3. The summed E-state index contributed by atoms with van der Waals surface area (Å²) in [7, 11) is 0. The van der Waals surface area contributed by atoms with Gasteiger partial charge >= 0.3 is 0 Å². The summed E-state index contributed by atoms with van der Waals surface area (Å²) in [6, 6.07) is 13.0. The lowest BCUT2D eigenvalue weighted by molar-refractivity contribution is 0.579. The molecule has 0 amide bonds. The summed E-state index contributed by atoms with van der Waals surface area (Å²) in [5.74, 6) is 0. The molecule has 0 bridgehead atoms. The molecule has 3 N–H and O–H groups in total. The minimum Gasteiger partial charge on any atom is -0.346 e. The van der Waals surface area contributed by atoms with Gasteiger partial charge < -0.3 is 15.3 Å². The second-order valence-corrected chi connectivity index (χ2v) is 7.78. The zero-order valence-corrected chi connectivity index (χ0v) is 17.4. The van der Waals surface area contributed by atoms with Crippen LogP contribution in [-0.2, 0) is 6.54 Å². The van der Waals surface area contributed by atoms with Crippen LogP contribution in [0.25, 0.3) is 33.4 Å². The number of rotatable bonds is 4. The van der Waals surface area contributed by atoms with Gasteiger partial charge in [-0.25, -0.2) is 4.98 Å². The Labute approximate surface area is 178 Å². The fraction of sp³-hybridized carbons (Fsp3) is 0.174. The van der Waals surface area contributed by atoms with Gasteiger partial charge in [0.2, 0.25) is 0 Å². The molecule has 0 aliphatic carbocycles. The van der Waals surface area contributed by atoms with Gasteiger partial charge in [0.1, 0.15) is 10.7 Å². The van der Waals surface area contributed by atoms with Crippen LogP contribution in [0.4, 0.5) is 0 Å². The molecule has 0 atom stereocenters. The number of nitrogens with one attached hydrogen (secondary N) is 1. The average molecular weight is 421 g/mol. The molecule has 0 aliphatic heterocycles. The quantitative estimate of drug-likeness (QED) is 0.519. The van der Waals surface area contributed by atoms with Crippen LogP contribution in [0.3, 0.4) is 0 Å². The molecule has 0 fully saturated rings. The Morgan fingerprint density at radius 1 is 1.13 bits per heavy atom. The highest BCUT2D eigenvalue weighted by atomic mass is 35.5. The Kier molecular flexibility index (Phi) is 5.28. The first-order valence-electron chi connectivity index (χ1n) is 9.63. The van der Waals surface area contributed by atoms with Crippen LogP contribution in [0, 0.1) is 0 Å². The number of nitrogens with two attached hydrogens (primary N) is 1. The Morgan fingerprint density at radius 3 is 2.53 bits per heavy atom. The highest BCUT2D eigenvalue weighted by Gasteiger charge is 2.17. The van der Waals surface area contributed by atoms with Crippen molar-refractivity contribution >= 4 is 22.6 Å². The van der Waals surface area contributed by atoms with Gasteiger partial charge in [-0.2, -0.15) is 0 Å². The summed E-state index contributed by atoms with van der Waals surface area (Å²) in [6.45, 7) is 3.96. The SMILES string of the molecule is CC(C)n1cc(-c2cc3c(=O)c(CN)c[nH]c3nc2-c2ccccc2)cc(Cl)c1=O. The van der Waals surface area contributed by atoms with Gasteiger partial charge in [0, 0.05) is 47.2 Å². The Bertz CT molecular complexity index is 1360. The third kappa shape index (κ3) is 3.44. The summed E-state index contributed by atoms with van der Waals surface area (Å²) in [6.07, 6.45) is 3.36. The molecule has 0 saturated heterocycles. The summed E-state index contributed by atoms with van der Waals surface area (Å²) >= 11 is 6.27. The molecule has 4 aromatic rings. The third-order valence-corrected chi connectivity index (χ3v) is 5.35. The van der Waals surface area contributed by atoms with Crippen molar-refractivity contribution in [2.24, 2.45) is 5.73 Å². The highest BCUT2D eigenvalue weighted by molar-refractivity contribution is 6.30. The van der Waals surface area contributed by atoms with Crippen LogP contribution < -0.4 is 16.7 Å². The largest absolute Gasteiger partial charge is 0.346 e. The average Bonchev–Trinajstić information content (AvgIpc) is 2.75. The number of aromatic nitrogens is 3. The number of H-pyrrole nitrogens is 1. The molecule has 30 heavy (non-hydrogen) atoms. The lowest BCUT2D eigenvalue weighted by Crippen LogP contribution is -2.22. The fourth-order valence-electron chi connectivity index (χ4n) is 3.48. The normalized spacial score (nSPS) is 11.4. The van der Waals surface area contributed by atoms with Crippen LogP contribution in [-0.4, -0.2) is 14.5 Å². The number of benzene rings is 1. The first kappa shape index (κ1) is 20.1. The Morgan fingerprint density at radius 2 is 1.87 bits per heavy atom. The van der Waals surface area contributed by atoms with Crippen LogP contribution in [0.15, 0.2) is 64.4 Å². The van der Waals surface area contributed by atoms with Gasteiger partial charge in [0.15, 0.2) is 5.43 Å². The van der Waals surface area contributed by atoms with Crippen molar-refractivity contribution in [2.75, 3.05) is 0 Å². The van der Waals surface area contributed by atoms with Gasteiger partial charge in [0.05, 0.1) is 11.1 Å². The lowest BCUT2D eigenvalue weighted by Gasteiger charge is -2.16. The zero-order chi connectivity index (χ0) is 21.4. The molecule has 6 nitrogen and oxygen atoms in total. The number of hydrogen-bond acceptors (Lipinski definition) is 4. The van der Waals surface area contributed by atoms with Crippen LogP contribution in [0.1, 0.15) is 25.5 Å². The molecule has 7 heteroatoms. The molecule has 1 aromatic carbocycles. The smallest absolute Gasteiger partial charge is 0.269 e. The van der Waals surface area contributed by atoms with Crippen LogP contribution >= 0.6 is 11.6 Å². The molecule has 0 unspecified atom stereocenters. The zero-order valence-electron chi connectivity index (χ0n) is 16.6. The fourth-order valence-corrected chi connectivity index (χ4v) is 3.69. The van der Waals surface area contributed by atoms with Crippen molar-refractivity contribution in [2.45, 2.75) is 26.4 Å². The standard InChI is InChI=1S/C23H21ClN4O2/c1-13(2)28-12-15(8-19(24)23(28)30)17-9-18-21(29)16(10-25)11-26-22(18)27-20(17)14-6-4-3-5-7-14/h3-9,11-13H,10,25H2,1-2H3,(H,26,27,29). The van der Waals surface area contributed by atoms with Crippen molar-refractivity contribution < 1.29 is 0 Å². The Balaban J connectivity index is 2.10. The number of fused-ring (bicyclic) bond motifs is 1. The van der Waals surface area contributed by atoms with E-state index in [4.69, 9.17) is 22.3 Å². The van der Waals surface area contributed by atoms with Crippen molar-refractivity contribution in [1.82, 2.24) is 14.5 Å². The van der Waals surface area contributed by atoms with E-state index in [9.17, 15) is 9.59 Å². The molecule has 3 heterocycles. The molecule has 0 saturated carbocycles. The minimum absolute atomic E-state index is 0.0733. The third-order valence-electron chi connectivity index (χ3n) is 5.08. The number of nitrogens with zero attached hydrogens (tertiary/aromatic N) is 2. The van der Waals surface area contributed by atoms with Crippen molar-refractivity contribution in [3.05, 3.63) is 86.0 Å². The summed E-state index contributed by atoms with van der Waals surface area (Å²) in [5.41, 5.74) is 9.23. The predicted molar refractivity (Wildman–Crippen MR) is 121 cm³/mol. The summed E-state index contributed by atoms with van der Waals surface area (Å²) in [5, 5.41) is 0.552. The van der Waals surface area contributed by atoms with E-state index in [-0.39, 0.29) is 28.6 Å². The van der Waals surface area contributed by atoms with Gasteiger partial charge in [-0.3, -0.25) is 9.59 Å². The van der Waals surface area contributed by atoms with E-state index < -0.39 is 0 Å². The predicted octanol–water partition coefficient (Wildman–Crippen LogP) is 4.11. The van der Waals surface area contributed by atoms with E-state index in [1.165, 1.54) is 0 Å². The maximum atomic E-state index is 12.9. The molecule has 3 aromatic heterocycles. The molecule has 4 rings (SSSR count). The second-order valence-electron chi connectivity index (χ2n) is 7.38. The van der Waals surface area contributed by atoms with Crippen LogP contribution in [0.2, 0.25) is 5.02 Å². The van der Waals surface area contributed by atoms with Gasteiger partial charge in [-0.05, 0) is 26.0 Å². The Hall–Kier alpha value is -3.22. The molecule has 0 aliphatic rings. The topological polar surface area (TPSA) is 93.8 Å². The number of aromatic amines is 1.